The lowest BCUT2D eigenvalue weighted by molar-refractivity contribution is -0.140. The third-order valence-corrected chi connectivity index (χ3v) is 5.66. The summed E-state index contributed by atoms with van der Waals surface area (Å²) in [5.74, 6) is -0.756. The van der Waals surface area contributed by atoms with Crippen molar-refractivity contribution >= 4 is 11.8 Å². The zero-order chi connectivity index (χ0) is 21.2. The molecule has 5 heteroatoms. The van der Waals surface area contributed by atoms with Crippen molar-refractivity contribution in [3.8, 4) is 0 Å². The molecule has 0 saturated heterocycles. The summed E-state index contributed by atoms with van der Waals surface area (Å²) in [7, 11) is 1.37. The first-order valence-corrected chi connectivity index (χ1v) is 10.4. The Morgan fingerprint density at radius 1 is 1.37 bits per heavy atom. The Bertz CT molecular complexity index is 517. The number of methoxy groups -OCH3 is 1. The number of Topliss-reactive ketones (excluding diaryl/α,β-unsaturated/α-hetero) is 1. The van der Waals surface area contributed by atoms with E-state index in [4.69, 9.17) is 1.37 Å². The molecule has 0 radical (unpaired) electrons. The third-order valence-electron chi connectivity index (χ3n) is 5.66. The first-order valence-electron chi connectivity index (χ1n) is 10.9. The Morgan fingerprint density at radius 3 is 2.78 bits per heavy atom. The van der Waals surface area contributed by atoms with Crippen molar-refractivity contribution in [2.24, 2.45) is 17.8 Å². The number of unbranched alkanes of at least 4 members (excludes halogenated alkanes) is 2. The van der Waals surface area contributed by atoms with Gasteiger partial charge in [-0.05, 0) is 50.4 Å². The number of ether oxygens (including phenoxy) is 1. The molecular weight excluding hydrogens is 344 g/mol. The molecule has 0 aromatic rings. The summed E-state index contributed by atoms with van der Waals surface area (Å²) in [6.45, 7) is 3.98. The largest absolute Gasteiger partial charge is 0.469 e. The van der Waals surface area contributed by atoms with Crippen LogP contribution < -0.4 is 0 Å². The van der Waals surface area contributed by atoms with Gasteiger partial charge in [0.05, 0.1) is 20.7 Å². The zero-order valence-electron chi connectivity index (χ0n) is 18.2. The summed E-state index contributed by atoms with van der Waals surface area (Å²) in [5.41, 5.74) is 0. The van der Waals surface area contributed by atoms with Gasteiger partial charge in [-0.2, -0.15) is 0 Å². The second kappa shape index (κ2) is 13.1. The van der Waals surface area contributed by atoms with Gasteiger partial charge in [-0.25, -0.2) is 0 Å². The van der Waals surface area contributed by atoms with Gasteiger partial charge in [0.2, 0.25) is 0 Å². The second-order valence-corrected chi connectivity index (χ2v) is 7.76. The third kappa shape index (κ3) is 8.56. The van der Waals surface area contributed by atoms with Crippen LogP contribution in [-0.2, 0) is 14.3 Å². The molecule has 0 unspecified atom stereocenters. The molecule has 1 fully saturated rings. The topological polar surface area (TPSA) is 83.8 Å². The van der Waals surface area contributed by atoms with Crippen molar-refractivity contribution in [2.45, 2.75) is 90.2 Å². The summed E-state index contributed by atoms with van der Waals surface area (Å²) < 4.78 is 12.9. The van der Waals surface area contributed by atoms with Gasteiger partial charge in [-0.3, -0.25) is 9.59 Å². The van der Waals surface area contributed by atoms with Crippen molar-refractivity contribution < 1.29 is 25.9 Å². The molecule has 2 N–H and O–H groups in total. The van der Waals surface area contributed by atoms with Crippen molar-refractivity contribution in [1.82, 2.24) is 0 Å². The lowest BCUT2D eigenvalue weighted by atomic mass is 9.84. The van der Waals surface area contributed by atoms with Crippen molar-refractivity contribution in [1.29, 1.82) is 0 Å². The van der Waals surface area contributed by atoms with Crippen LogP contribution in [0.25, 0.3) is 0 Å². The first-order chi connectivity index (χ1) is 13.2. The summed E-state index contributed by atoms with van der Waals surface area (Å²) in [6.07, 6.45) is 7.81. The van der Waals surface area contributed by atoms with Gasteiger partial charge in [0.25, 0.3) is 0 Å². The van der Waals surface area contributed by atoms with E-state index in [2.05, 4.69) is 11.7 Å². The predicted octanol–water partition coefficient (Wildman–Crippen LogP) is 3.81. The number of esters is 1. The molecule has 1 rings (SSSR count). The summed E-state index contributed by atoms with van der Waals surface area (Å²) >= 11 is 0. The van der Waals surface area contributed by atoms with Gasteiger partial charge in [-0.1, -0.05) is 38.8 Å². The molecule has 0 amide bonds. The Labute approximate surface area is 165 Å². The van der Waals surface area contributed by atoms with Crippen molar-refractivity contribution in [2.75, 3.05) is 7.11 Å². The maximum absolute atomic E-state index is 12.3. The van der Waals surface area contributed by atoms with E-state index in [1.165, 1.54) is 7.11 Å². The lowest BCUT2D eigenvalue weighted by Gasteiger charge is -2.24. The molecule has 0 aromatic heterocycles. The van der Waals surface area contributed by atoms with Crippen LogP contribution in [0.3, 0.4) is 0 Å². The van der Waals surface area contributed by atoms with E-state index in [-0.39, 0.29) is 42.3 Å². The molecule has 156 valence electrons. The van der Waals surface area contributed by atoms with Crippen molar-refractivity contribution in [3.05, 3.63) is 12.2 Å². The maximum Gasteiger partial charge on any atom is 0.305 e. The SMILES string of the molecule is [2H][C@@](O)(CC[C@H]1[C@H](O)CC(=O)[C@@H]1CC=CCCCC(=O)OC)[C@H](C)CCCC. The maximum atomic E-state index is 12.3. The summed E-state index contributed by atoms with van der Waals surface area (Å²) in [6, 6.07) is 0. The molecule has 0 aliphatic heterocycles. The molecular formula is C22H38O5. The highest BCUT2D eigenvalue weighted by Crippen LogP contribution is 2.36. The summed E-state index contributed by atoms with van der Waals surface area (Å²) in [4.78, 5) is 23.4. The van der Waals surface area contributed by atoms with Crippen LogP contribution in [0.15, 0.2) is 12.2 Å². The number of ketones is 1. The molecule has 5 atom stereocenters. The van der Waals surface area contributed by atoms with Gasteiger partial charge < -0.3 is 14.9 Å². The zero-order valence-corrected chi connectivity index (χ0v) is 17.2. The highest BCUT2D eigenvalue weighted by Gasteiger charge is 2.40. The van der Waals surface area contributed by atoms with E-state index in [1.807, 2.05) is 19.1 Å². The van der Waals surface area contributed by atoms with E-state index < -0.39 is 12.2 Å². The van der Waals surface area contributed by atoms with Crippen LogP contribution in [-0.4, -0.2) is 41.3 Å². The van der Waals surface area contributed by atoms with Gasteiger partial charge in [0.15, 0.2) is 0 Å². The average Bonchev–Trinajstić information content (AvgIpc) is 2.93. The Kier molecular flexibility index (Phi) is 10.7. The average molecular weight is 384 g/mol. The number of aliphatic hydroxyl groups is 2. The van der Waals surface area contributed by atoms with Gasteiger partial charge in [0, 0.05) is 18.8 Å². The van der Waals surface area contributed by atoms with E-state index in [0.717, 1.165) is 25.7 Å². The molecule has 0 heterocycles. The fourth-order valence-electron chi connectivity index (χ4n) is 3.78. The first kappa shape index (κ1) is 22.1. The monoisotopic (exact) mass is 383 g/mol. The van der Waals surface area contributed by atoms with Gasteiger partial charge >= 0.3 is 5.97 Å². The fourth-order valence-corrected chi connectivity index (χ4v) is 3.78. The summed E-state index contributed by atoms with van der Waals surface area (Å²) in [5, 5.41) is 20.8. The number of hydrogen-bond acceptors (Lipinski definition) is 5. The van der Waals surface area contributed by atoms with Crippen LogP contribution in [0.5, 0.6) is 0 Å². The van der Waals surface area contributed by atoms with Gasteiger partial charge in [-0.15, -0.1) is 0 Å². The standard InChI is InChI=1S/C22H38O5/c1-4-5-10-16(2)19(23)14-13-18-17(20(24)15-21(18)25)11-8-6-7-9-12-22(26)27-3/h6,8,16-19,21,23,25H,4-5,7,9-15H2,1-3H3/t16-,17-,18-,19-,21-/m1/s1/i19D. The Morgan fingerprint density at radius 2 is 2.11 bits per heavy atom. The van der Waals surface area contributed by atoms with E-state index in [9.17, 15) is 19.8 Å². The highest BCUT2D eigenvalue weighted by atomic mass is 16.5. The second-order valence-electron chi connectivity index (χ2n) is 7.76. The minimum atomic E-state index is -1.52. The highest BCUT2D eigenvalue weighted by molar-refractivity contribution is 5.84. The number of allylic oxidation sites excluding steroid dienone is 2. The quantitative estimate of drug-likeness (QED) is 0.287. The minimum absolute atomic E-state index is 0.0595. The number of aliphatic hydroxyl groups excluding tert-OH is 1. The smallest absolute Gasteiger partial charge is 0.305 e. The molecule has 27 heavy (non-hydrogen) atoms. The molecule has 1 aliphatic carbocycles. The number of carbonyl (C=O) groups is 2. The fraction of sp³-hybridized carbons (Fsp3) is 0.818. The number of carbonyl (C=O) groups excluding carboxylic acids is 2. The van der Waals surface area contributed by atoms with Crippen LogP contribution in [0.2, 0.25) is 0 Å². The molecule has 1 aliphatic rings. The number of hydrogen-bond donors (Lipinski definition) is 2. The molecule has 1 saturated carbocycles. The Balaban J connectivity index is 2.52. The van der Waals surface area contributed by atoms with Crippen LogP contribution >= 0.6 is 0 Å². The normalized spacial score (nSPS) is 26.8. The van der Waals surface area contributed by atoms with E-state index in [1.54, 1.807) is 0 Å². The molecule has 0 aromatic carbocycles. The number of rotatable bonds is 13. The van der Waals surface area contributed by atoms with E-state index in [0.29, 0.717) is 25.7 Å². The predicted molar refractivity (Wildman–Crippen MR) is 106 cm³/mol. The molecule has 0 spiro atoms. The van der Waals surface area contributed by atoms with E-state index >= 15 is 0 Å². The minimum Gasteiger partial charge on any atom is -0.469 e. The Hall–Kier alpha value is -1.20. The van der Waals surface area contributed by atoms with Crippen LogP contribution in [0.1, 0.15) is 79.4 Å². The van der Waals surface area contributed by atoms with Crippen LogP contribution in [0.4, 0.5) is 0 Å². The van der Waals surface area contributed by atoms with Crippen molar-refractivity contribution in [3.63, 3.8) is 0 Å². The lowest BCUT2D eigenvalue weighted by Crippen LogP contribution is -2.24. The molecule has 5 nitrogen and oxygen atoms in total. The van der Waals surface area contributed by atoms with Crippen LogP contribution in [0, 0.1) is 17.8 Å². The molecule has 0 bridgehead atoms. The van der Waals surface area contributed by atoms with Gasteiger partial charge in [0.1, 0.15) is 5.78 Å².